The van der Waals surface area contributed by atoms with Gasteiger partial charge in [-0.3, -0.25) is 0 Å². The molecule has 78 valence electrons. The zero-order valence-electron chi connectivity index (χ0n) is 8.53. The zero-order chi connectivity index (χ0) is 11.0. The molecule has 0 saturated carbocycles. The quantitative estimate of drug-likeness (QED) is 0.777. The van der Waals surface area contributed by atoms with Crippen molar-refractivity contribution in [3.8, 4) is 17.1 Å². The van der Waals surface area contributed by atoms with Gasteiger partial charge in [-0.1, -0.05) is 12.1 Å². The van der Waals surface area contributed by atoms with E-state index in [1.54, 1.807) is 32.2 Å². The van der Waals surface area contributed by atoms with Gasteiger partial charge in [0.25, 0.3) is 0 Å². The Hall–Kier alpha value is -1.84. The zero-order valence-corrected chi connectivity index (χ0v) is 8.53. The lowest BCUT2D eigenvalue weighted by molar-refractivity contribution is 0.416. The smallest absolute Gasteiger partial charge is 0.212 e. The highest BCUT2D eigenvalue weighted by atomic mass is 19.1. The normalized spacial score (nSPS) is 10.6. The molecule has 4 heteroatoms. The number of aromatic nitrogens is 2. The fourth-order valence-electron chi connectivity index (χ4n) is 1.53. The Balaban J connectivity index is 2.65. The summed E-state index contributed by atoms with van der Waals surface area (Å²) in [5, 5.41) is 13.6. The van der Waals surface area contributed by atoms with Crippen molar-refractivity contribution in [2.24, 2.45) is 7.05 Å². The number of aryl methyl sites for hydroxylation is 1. The van der Waals surface area contributed by atoms with Crippen LogP contribution in [0.1, 0.15) is 5.56 Å². The molecule has 0 aliphatic heterocycles. The van der Waals surface area contributed by atoms with Crippen LogP contribution in [0, 0.1) is 12.7 Å². The van der Waals surface area contributed by atoms with Gasteiger partial charge in [0.1, 0.15) is 11.5 Å². The molecule has 1 aromatic heterocycles. The van der Waals surface area contributed by atoms with E-state index in [4.69, 9.17) is 0 Å². The fourth-order valence-corrected chi connectivity index (χ4v) is 1.53. The molecule has 0 bridgehead atoms. The van der Waals surface area contributed by atoms with Gasteiger partial charge in [-0.2, -0.15) is 5.10 Å². The van der Waals surface area contributed by atoms with Crippen molar-refractivity contribution in [2.45, 2.75) is 6.92 Å². The first-order valence-electron chi connectivity index (χ1n) is 4.58. The molecular formula is C11H11FN2O. The van der Waals surface area contributed by atoms with E-state index in [-0.39, 0.29) is 11.7 Å². The van der Waals surface area contributed by atoms with Crippen LogP contribution in [0.2, 0.25) is 0 Å². The SMILES string of the molecule is Cc1c(-c2ccccc2F)nn(C)c1O. The summed E-state index contributed by atoms with van der Waals surface area (Å²) in [6, 6.07) is 6.38. The van der Waals surface area contributed by atoms with Crippen LogP contribution in [-0.2, 0) is 7.05 Å². The lowest BCUT2D eigenvalue weighted by Gasteiger charge is -1.99. The number of aromatic hydroxyl groups is 1. The average molecular weight is 206 g/mol. The van der Waals surface area contributed by atoms with Gasteiger partial charge < -0.3 is 5.11 Å². The molecule has 0 fully saturated rings. The van der Waals surface area contributed by atoms with Crippen molar-refractivity contribution in [3.63, 3.8) is 0 Å². The number of nitrogens with zero attached hydrogens (tertiary/aromatic N) is 2. The lowest BCUT2D eigenvalue weighted by atomic mass is 10.1. The Bertz CT molecular complexity index is 505. The van der Waals surface area contributed by atoms with Crippen LogP contribution in [-0.4, -0.2) is 14.9 Å². The Morgan fingerprint density at radius 2 is 2.00 bits per heavy atom. The van der Waals surface area contributed by atoms with Gasteiger partial charge in [0.15, 0.2) is 0 Å². The van der Waals surface area contributed by atoms with Crippen LogP contribution in [0.3, 0.4) is 0 Å². The monoisotopic (exact) mass is 206 g/mol. The number of hydrogen-bond donors (Lipinski definition) is 1. The van der Waals surface area contributed by atoms with Crippen molar-refractivity contribution in [1.29, 1.82) is 0 Å². The predicted molar refractivity (Wildman–Crippen MR) is 55.0 cm³/mol. The molecule has 0 amide bonds. The first kappa shape index (κ1) is 9.71. The highest BCUT2D eigenvalue weighted by Gasteiger charge is 2.15. The molecule has 0 atom stereocenters. The van der Waals surface area contributed by atoms with Gasteiger partial charge in [-0.25, -0.2) is 9.07 Å². The van der Waals surface area contributed by atoms with E-state index in [9.17, 15) is 9.50 Å². The number of benzene rings is 1. The number of halogens is 1. The molecule has 2 rings (SSSR count). The maximum atomic E-state index is 13.5. The van der Waals surface area contributed by atoms with E-state index in [2.05, 4.69) is 5.10 Å². The number of hydrogen-bond acceptors (Lipinski definition) is 2. The van der Waals surface area contributed by atoms with Crippen molar-refractivity contribution in [3.05, 3.63) is 35.6 Å². The predicted octanol–water partition coefficient (Wildman–Crippen LogP) is 2.24. The Morgan fingerprint density at radius 1 is 1.33 bits per heavy atom. The minimum absolute atomic E-state index is 0.0632. The fraction of sp³-hybridized carbons (Fsp3) is 0.182. The van der Waals surface area contributed by atoms with Crippen LogP contribution < -0.4 is 0 Å². The highest BCUT2D eigenvalue weighted by molar-refractivity contribution is 5.65. The lowest BCUT2D eigenvalue weighted by Crippen LogP contribution is -1.90. The summed E-state index contributed by atoms with van der Waals surface area (Å²) in [4.78, 5) is 0. The molecule has 15 heavy (non-hydrogen) atoms. The van der Waals surface area contributed by atoms with E-state index in [0.29, 0.717) is 16.8 Å². The van der Waals surface area contributed by atoms with Crippen LogP contribution in [0.15, 0.2) is 24.3 Å². The van der Waals surface area contributed by atoms with Crippen LogP contribution in [0.25, 0.3) is 11.3 Å². The first-order valence-corrected chi connectivity index (χ1v) is 4.58. The molecule has 1 heterocycles. The summed E-state index contributed by atoms with van der Waals surface area (Å²) in [6.07, 6.45) is 0. The first-order chi connectivity index (χ1) is 7.11. The third kappa shape index (κ3) is 1.48. The highest BCUT2D eigenvalue weighted by Crippen LogP contribution is 2.29. The van der Waals surface area contributed by atoms with E-state index in [1.807, 2.05) is 0 Å². The molecule has 0 saturated heterocycles. The molecule has 2 aromatic rings. The second-order valence-corrected chi connectivity index (χ2v) is 3.40. The van der Waals surface area contributed by atoms with E-state index in [0.717, 1.165) is 0 Å². The molecule has 1 N–H and O–H groups in total. The largest absolute Gasteiger partial charge is 0.493 e. The molecule has 1 aromatic carbocycles. The van der Waals surface area contributed by atoms with Crippen molar-refractivity contribution in [1.82, 2.24) is 9.78 Å². The summed E-state index contributed by atoms with van der Waals surface area (Å²) in [5.74, 6) is -0.271. The summed E-state index contributed by atoms with van der Waals surface area (Å²) in [6.45, 7) is 1.71. The van der Waals surface area contributed by atoms with Gasteiger partial charge in [0, 0.05) is 18.2 Å². The van der Waals surface area contributed by atoms with E-state index < -0.39 is 0 Å². The van der Waals surface area contributed by atoms with Crippen LogP contribution in [0.4, 0.5) is 4.39 Å². The van der Waals surface area contributed by atoms with E-state index in [1.165, 1.54) is 10.7 Å². The number of rotatable bonds is 1. The second-order valence-electron chi connectivity index (χ2n) is 3.40. The molecule has 0 radical (unpaired) electrons. The van der Waals surface area contributed by atoms with Gasteiger partial charge in [-0.05, 0) is 19.1 Å². The van der Waals surface area contributed by atoms with Crippen molar-refractivity contribution in [2.75, 3.05) is 0 Å². The van der Waals surface area contributed by atoms with Gasteiger partial charge in [0.05, 0.1) is 0 Å². The molecule has 0 aliphatic carbocycles. The van der Waals surface area contributed by atoms with Gasteiger partial charge in [-0.15, -0.1) is 0 Å². The van der Waals surface area contributed by atoms with Gasteiger partial charge >= 0.3 is 0 Å². The topological polar surface area (TPSA) is 38.0 Å². The van der Waals surface area contributed by atoms with Crippen LogP contribution >= 0.6 is 0 Å². The Kier molecular flexibility index (Phi) is 2.19. The average Bonchev–Trinajstić information content (AvgIpc) is 2.47. The molecule has 0 unspecified atom stereocenters. The molecule has 3 nitrogen and oxygen atoms in total. The summed E-state index contributed by atoms with van der Waals surface area (Å²) < 4.78 is 14.8. The van der Waals surface area contributed by atoms with Crippen molar-refractivity contribution >= 4 is 0 Å². The Labute approximate surface area is 86.8 Å². The van der Waals surface area contributed by atoms with E-state index >= 15 is 0 Å². The van der Waals surface area contributed by atoms with Crippen molar-refractivity contribution < 1.29 is 9.50 Å². The third-order valence-electron chi connectivity index (χ3n) is 2.38. The minimum Gasteiger partial charge on any atom is -0.493 e. The maximum absolute atomic E-state index is 13.5. The summed E-state index contributed by atoms with van der Waals surface area (Å²) >= 11 is 0. The maximum Gasteiger partial charge on any atom is 0.212 e. The summed E-state index contributed by atoms with van der Waals surface area (Å²) in [5.41, 5.74) is 1.47. The standard InChI is InChI=1S/C11H11FN2O/c1-7-10(13-14(2)11(7)15)8-5-3-4-6-9(8)12/h3-6,15H,1-2H3. The second kappa shape index (κ2) is 3.38. The molecule has 0 spiro atoms. The Morgan fingerprint density at radius 3 is 2.53 bits per heavy atom. The van der Waals surface area contributed by atoms with Gasteiger partial charge in [0.2, 0.25) is 5.88 Å². The molecule has 0 aliphatic rings. The molecular weight excluding hydrogens is 195 g/mol. The summed E-state index contributed by atoms with van der Waals surface area (Å²) in [7, 11) is 1.62. The minimum atomic E-state index is -0.335. The third-order valence-corrected chi connectivity index (χ3v) is 2.38. The van der Waals surface area contributed by atoms with Crippen LogP contribution in [0.5, 0.6) is 5.88 Å².